The number of nitrogens with zero attached hydrogens (tertiary/aromatic N) is 2. The molecule has 0 spiro atoms. The number of halogens is 1. The van der Waals surface area contributed by atoms with Gasteiger partial charge in [-0.15, -0.1) is 0 Å². The molecule has 1 heterocycles. The number of non-ortho nitro benzene ring substituents is 1. The Hall–Kier alpha value is -3.00. The van der Waals surface area contributed by atoms with Crippen molar-refractivity contribution in [2.24, 2.45) is 0 Å². The van der Waals surface area contributed by atoms with Crippen molar-refractivity contribution in [3.63, 3.8) is 0 Å². The van der Waals surface area contributed by atoms with Gasteiger partial charge in [-0.1, -0.05) is 12.1 Å². The predicted molar refractivity (Wildman–Crippen MR) is 105 cm³/mol. The van der Waals surface area contributed by atoms with E-state index in [0.29, 0.717) is 30.0 Å². The quantitative estimate of drug-likeness (QED) is 0.605. The Morgan fingerprint density at radius 3 is 2.54 bits per heavy atom. The van der Waals surface area contributed by atoms with Crippen LogP contribution >= 0.6 is 0 Å². The minimum atomic E-state index is -0.458. The summed E-state index contributed by atoms with van der Waals surface area (Å²) in [5, 5.41) is 13.7. The number of rotatable bonds is 5. The van der Waals surface area contributed by atoms with Crippen molar-refractivity contribution in [1.29, 1.82) is 0 Å². The third kappa shape index (κ3) is 4.28. The number of aryl methyl sites for hydroxylation is 1. The molecular weight excluding hydrogens is 363 g/mol. The van der Waals surface area contributed by atoms with E-state index in [4.69, 9.17) is 0 Å². The number of benzene rings is 2. The van der Waals surface area contributed by atoms with Crippen LogP contribution in [0.5, 0.6) is 0 Å². The first-order valence-electron chi connectivity index (χ1n) is 9.27. The average Bonchev–Trinajstić information content (AvgIpc) is 2.69. The molecule has 2 aromatic carbocycles. The van der Waals surface area contributed by atoms with Gasteiger partial charge in [0.05, 0.1) is 36.8 Å². The number of nitro benzene ring substituents is 1. The number of para-hydroxylation sites is 1. The summed E-state index contributed by atoms with van der Waals surface area (Å²) in [6.45, 7) is 6.39. The molecule has 1 aliphatic heterocycles. The Kier molecular flexibility index (Phi) is 5.89. The summed E-state index contributed by atoms with van der Waals surface area (Å²) in [5.74, 6) is -0.364. The van der Waals surface area contributed by atoms with Gasteiger partial charge in [-0.25, -0.2) is 4.39 Å². The van der Waals surface area contributed by atoms with Crippen LogP contribution in [0.1, 0.15) is 12.5 Å². The maximum Gasteiger partial charge on any atom is 0.282 e. The zero-order chi connectivity index (χ0) is 20.3. The van der Waals surface area contributed by atoms with Gasteiger partial charge in [-0.05, 0) is 37.6 Å². The van der Waals surface area contributed by atoms with Gasteiger partial charge in [0.2, 0.25) is 0 Å². The van der Waals surface area contributed by atoms with Crippen LogP contribution in [0.25, 0.3) is 0 Å². The van der Waals surface area contributed by atoms with Crippen LogP contribution in [-0.4, -0.2) is 43.1 Å². The third-order valence-corrected chi connectivity index (χ3v) is 5.28. The topological polar surface area (TPSA) is 79.9 Å². The molecule has 1 aliphatic rings. The van der Waals surface area contributed by atoms with Gasteiger partial charge in [0.1, 0.15) is 5.82 Å². The molecule has 8 heteroatoms. The highest BCUT2D eigenvalue weighted by Crippen LogP contribution is 2.21. The van der Waals surface area contributed by atoms with Gasteiger partial charge >= 0.3 is 0 Å². The summed E-state index contributed by atoms with van der Waals surface area (Å²) in [6.07, 6.45) is 0. The second-order valence-electron chi connectivity index (χ2n) is 7.06. The molecule has 0 radical (unpaired) electrons. The molecule has 1 saturated heterocycles. The molecule has 0 aliphatic carbocycles. The zero-order valence-corrected chi connectivity index (χ0v) is 15.9. The summed E-state index contributed by atoms with van der Waals surface area (Å²) in [4.78, 5) is 26.2. The van der Waals surface area contributed by atoms with Crippen LogP contribution < -0.4 is 15.1 Å². The lowest BCUT2D eigenvalue weighted by molar-refractivity contribution is -0.914. The molecule has 1 atom stereocenters. The van der Waals surface area contributed by atoms with E-state index in [1.807, 2.05) is 17.9 Å². The SMILES string of the molecule is Cc1cc([N+](=O)[O-])ccc1NC(=O)[C@H](C)[NH+]1CCN(c2ccccc2F)CC1. The second kappa shape index (κ2) is 8.35. The van der Waals surface area contributed by atoms with Gasteiger partial charge in [-0.3, -0.25) is 14.9 Å². The lowest BCUT2D eigenvalue weighted by atomic mass is 10.1. The number of quaternary nitrogens is 1. The Balaban J connectivity index is 1.59. The van der Waals surface area contributed by atoms with Crippen molar-refractivity contribution in [3.05, 3.63) is 64.0 Å². The Labute approximate surface area is 162 Å². The number of anilines is 2. The highest BCUT2D eigenvalue weighted by Gasteiger charge is 2.30. The molecule has 7 nitrogen and oxygen atoms in total. The molecule has 2 N–H and O–H groups in total. The molecule has 0 bridgehead atoms. The van der Waals surface area contributed by atoms with Gasteiger partial charge in [0, 0.05) is 17.8 Å². The molecule has 0 aromatic heterocycles. The Morgan fingerprint density at radius 2 is 1.93 bits per heavy atom. The van der Waals surface area contributed by atoms with Crippen molar-refractivity contribution in [1.82, 2.24) is 0 Å². The van der Waals surface area contributed by atoms with Gasteiger partial charge in [0.25, 0.3) is 11.6 Å². The van der Waals surface area contributed by atoms with Crippen LogP contribution in [0.2, 0.25) is 0 Å². The summed E-state index contributed by atoms with van der Waals surface area (Å²) in [7, 11) is 0. The highest BCUT2D eigenvalue weighted by atomic mass is 19.1. The molecule has 0 unspecified atom stereocenters. The fourth-order valence-electron chi connectivity index (χ4n) is 3.50. The Morgan fingerprint density at radius 1 is 1.25 bits per heavy atom. The zero-order valence-electron chi connectivity index (χ0n) is 15.9. The summed E-state index contributed by atoms with van der Waals surface area (Å²) < 4.78 is 14.0. The van der Waals surface area contributed by atoms with Gasteiger partial charge in [-0.2, -0.15) is 0 Å². The van der Waals surface area contributed by atoms with Crippen molar-refractivity contribution >= 4 is 23.0 Å². The summed E-state index contributed by atoms with van der Waals surface area (Å²) in [6, 6.07) is 10.8. The average molecular weight is 387 g/mol. The molecule has 0 saturated carbocycles. The summed E-state index contributed by atoms with van der Waals surface area (Å²) >= 11 is 0. The minimum absolute atomic E-state index is 0.00145. The molecule has 1 amide bonds. The number of amides is 1. The molecule has 148 valence electrons. The molecule has 3 rings (SSSR count). The molecular formula is C20H24FN4O3+. The van der Waals surface area contributed by atoms with Crippen molar-refractivity contribution in [3.8, 4) is 0 Å². The van der Waals surface area contributed by atoms with E-state index in [0.717, 1.165) is 18.0 Å². The van der Waals surface area contributed by atoms with E-state index < -0.39 is 4.92 Å². The van der Waals surface area contributed by atoms with Crippen molar-refractivity contribution in [2.45, 2.75) is 19.9 Å². The first kappa shape index (κ1) is 19.8. The monoisotopic (exact) mass is 387 g/mol. The molecule has 1 fully saturated rings. The minimum Gasteiger partial charge on any atom is -0.358 e. The first-order chi connectivity index (χ1) is 13.4. The number of nitrogens with one attached hydrogen (secondary N) is 2. The first-order valence-corrected chi connectivity index (χ1v) is 9.27. The fourth-order valence-corrected chi connectivity index (χ4v) is 3.50. The van der Waals surface area contributed by atoms with E-state index >= 15 is 0 Å². The van der Waals surface area contributed by atoms with Crippen molar-refractivity contribution < 1.29 is 19.0 Å². The normalized spacial score (nSPS) is 15.9. The molecule has 28 heavy (non-hydrogen) atoms. The lowest BCUT2D eigenvalue weighted by Crippen LogP contribution is -3.19. The van der Waals surface area contributed by atoms with Crippen LogP contribution in [0, 0.1) is 22.9 Å². The second-order valence-corrected chi connectivity index (χ2v) is 7.06. The Bertz CT molecular complexity index is 882. The third-order valence-electron chi connectivity index (χ3n) is 5.28. The van der Waals surface area contributed by atoms with E-state index in [1.165, 1.54) is 18.2 Å². The largest absolute Gasteiger partial charge is 0.358 e. The highest BCUT2D eigenvalue weighted by molar-refractivity contribution is 5.94. The lowest BCUT2D eigenvalue weighted by Gasteiger charge is -2.36. The van der Waals surface area contributed by atoms with E-state index in [2.05, 4.69) is 5.32 Å². The predicted octanol–water partition coefficient (Wildman–Crippen LogP) is 1.77. The fraction of sp³-hybridized carbons (Fsp3) is 0.350. The van der Waals surface area contributed by atoms with E-state index in [9.17, 15) is 19.3 Å². The van der Waals surface area contributed by atoms with Crippen LogP contribution in [-0.2, 0) is 4.79 Å². The number of piperazine rings is 1. The number of hydrogen-bond acceptors (Lipinski definition) is 4. The number of carbonyl (C=O) groups is 1. The van der Waals surface area contributed by atoms with Crippen LogP contribution in [0.3, 0.4) is 0 Å². The van der Waals surface area contributed by atoms with Gasteiger partial charge in [0.15, 0.2) is 6.04 Å². The van der Waals surface area contributed by atoms with Crippen molar-refractivity contribution in [2.75, 3.05) is 36.4 Å². The van der Waals surface area contributed by atoms with E-state index in [-0.39, 0.29) is 23.5 Å². The number of nitro groups is 1. The number of hydrogen-bond donors (Lipinski definition) is 2. The molecule has 2 aromatic rings. The van der Waals surface area contributed by atoms with Gasteiger partial charge < -0.3 is 15.1 Å². The smallest absolute Gasteiger partial charge is 0.282 e. The number of carbonyl (C=O) groups excluding carboxylic acids is 1. The van der Waals surface area contributed by atoms with Crippen LogP contribution in [0.15, 0.2) is 42.5 Å². The maximum absolute atomic E-state index is 14.0. The van der Waals surface area contributed by atoms with Crippen LogP contribution in [0.4, 0.5) is 21.5 Å². The van der Waals surface area contributed by atoms with E-state index in [1.54, 1.807) is 25.1 Å². The maximum atomic E-state index is 14.0. The standard InChI is InChI=1S/C20H23FN4O3/c1-14-13-16(25(27)28)7-8-18(14)22-20(26)15(2)23-9-11-24(12-10-23)19-6-4-3-5-17(19)21/h3-8,13,15H,9-12H2,1-2H3,(H,22,26)/p+1/t15-/m0/s1. The summed E-state index contributed by atoms with van der Waals surface area (Å²) in [5.41, 5.74) is 1.82.